The number of carbonyl (C=O) groups is 1. The van der Waals surface area contributed by atoms with Gasteiger partial charge in [-0.3, -0.25) is 0 Å². The third-order valence-corrected chi connectivity index (χ3v) is 3.53. The Bertz CT molecular complexity index is 480. The molecule has 6 heteroatoms. The zero-order chi connectivity index (χ0) is 15.1. The summed E-state index contributed by atoms with van der Waals surface area (Å²) in [6.07, 6.45) is 1.61. The van der Waals surface area contributed by atoms with Crippen molar-refractivity contribution in [3.63, 3.8) is 0 Å². The van der Waals surface area contributed by atoms with Gasteiger partial charge in [0.15, 0.2) is 0 Å². The lowest BCUT2D eigenvalue weighted by atomic mass is 10.1. The monoisotopic (exact) mass is 316 g/mol. The van der Waals surface area contributed by atoms with Crippen LogP contribution in [0.2, 0.25) is 10.0 Å². The molecular weight excluding hydrogens is 299 g/mol. The van der Waals surface area contributed by atoms with Gasteiger partial charge in [-0.25, -0.2) is 4.79 Å². The lowest BCUT2D eigenvalue weighted by Gasteiger charge is -2.23. The minimum atomic E-state index is -0.266. The number of carbonyl (C=O) groups excluding carboxylic acids is 1. The highest BCUT2D eigenvalue weighted by atomic mass is 35.5. The topological polar surface area (TPSA) is 52.6 Å². The molecule has 0 heterocycles. The second-order valence-corrected chi connectivity index (χ2v) is 5.12. The van der Waals surface area contributed by atoms with Crippen molar-refractivity contribution in [1.29, 1.82) is 0 Å². The minimum Gasteiger partial charge on any atom is -0.395 e. The van der Waals surface area contributed by atoms with Gasteiger partial charge in [0.1, 0.15) is 0 Å². The molecule has 0 aliphatic rings. The molecule has 1 aromatic carbocycles. The second-order valence-electron chi connectivity index (χ2n) is 4.30. The minimum absolute atomic E-state index is 0.0948. The number of nitrogens with zero attached hydrogens (tertiary/aromatic N) is 1. The van der Waals surface area contributed by atoms with Crippen LogP contribution in [0.25, 0.3) is 0 Å². The molecule has 0 aliphatic heterocycles. The normalized spacial score (nSPS) is 11.8. The summed E-state index contributed by atoms with van der Waals surface area (Å²) in [4.78, 5) is 13.5. The first-order valence-electron chi connectivity index (χ1n) is 6.21. The van der Waals surface area contributed by atoms with Gasteiger partial charge < -0.3 is 15.3 Å². The molecule has 0 radical (unpaired) electrons. The number of hydrogen-bond acceptors (Lipinski definition) is 2. The van der Waals surface area contributed by atoms with Crippen molar-refractivity contribution in [2.75, 3.05) is 19.7 Å². The molecule has 0 saturated heterocycles. The molecule has 1 aromatic rings. The number of halogens is 2. The van der Waals surface area contributed by atoms with Crippen LogP contribution in [0.5, 0.6) is 0 Å². The lowest BCUT2D eigenvalue weighted by molar-refractivity contribution is 0.181. The van der Waals surface area contributed by atoms with Crippen LogP contribution in [-0.4, -0.2) is 35.7 Å². The van der Waals surface area contributed by atoms with Gasteiger partial charge in [0.2, 0.25) is 0 Å². The molecule has 4 nitrogen and oxygen atoms in total. The van der Waals surface area contributed by atoms with Crippen molar-refractivity contribution < 1.29 is 9.90 Å². The SMILES string of the molecule is C=CCN(CCO)C(=O)NC(C)c1ccc(Cl)c(Cl)c1. The van der Waals surface area contributed by atoms with Gasteiger partial charge in [0.25, 0.3) is 0 Å². The summed E-state index contributed by atoms with van der Waals surface area (Å²) in [7, 11) is 0. The molecule has 0 spiro atoms. The first kappa shape index (κ1) is 16.8. The molecule has 0 aromatic heterocycles. The van der Waals surface area contributed by atoms with Crippen LogP contribution in [0.1, 0.15) is 18.5 Å². The first-order valence-corrected chi connectivity index (χ1v) is 6.97. The van der Waals surface area contributed by atoms with E-state index in [1.807, 2.05) is 13.0 Å². The van der Waals surface area contributed by atoms with Crippen LogP contribution in [-0.2, 0) is 0 Å². The summed E-state index contributed by atoms with van der Waals surface area (Å²) in [5.74, 6) is 0. The number of aliphatic hydroxyl groups excluding tert-OH is 1. The average Bonchev–Trinajstić information content (AvgIpc) is 2.41. The maximum atomic E-state index is 12.1. The Kier molecular flexibility index (Phi) is 6.85. The fourth-order valence-corrected chi connectivity index (χ4v) is 2.00. The summed E-state index contributed by atoms with van der Waals surface area (Å²) >= 11 is 11.8. The summed E-state index contributed by atoms with van der Waals surface area (Å²) in [6, 6.07) is 4.74. The van der Waals surface area contributed by atoms with Gasteiger partial charge in [-0.15, -0.1) is 6.58 Å². The van der Waals surface area contributed by atoms with Crippen LogP contribution < -0.4 is 5.32 Å². The number of urea groups is 1. The number of benzene rings is 1. The standard InChI is InChI=1S/C14H18Cl2N2O2/c1-3-6-18(7-8-19)14(20)17-10(2)11-4-5-12(15)13(16)9-11/h3-5,9-10,19H,1,6-8H2,2H3,(H,17,20). The highest BCUT2D eigenvalue weighted by molar-refractivity contribution is 6.42. The average molecular weight is 317 g/mol. The lowest BCUT2D eigenvalue weighted by Crippen LogP contribution is -2.42. The van der Waals surface area contributed by atoms with E-state index >= 15 is 0 Å². The van der Waals surface area contributed by atoms with E-state index in [4.69, 9.17) is 28.3 Å². The van der Waals surface area contributed by atoms with Gasteiger partial charge in [0, 0.05) is 13.1 Å². The third kappa shape index (κ3) is 4.71. The summed E-state index contributed by atoms with van der Waals surface area (Å²) in [5, 5.41) is 12.7. The van der Waals surface area contributed by atoms with E-state index in [-0.39, 0.29) is 25.2 Å². The zero-order valence-corrected chi connectivity index (χ0v) is 12.8. The van der Waals surface area contributed by atoms with E-state index in [0.717, 1.165) is 5.56 Å². The maximum Gasteiger partial charge on any atom is 0.318 e. The molecule has 0 aliphatic carbocycles. The third-order valence-electron chi connectivity index (χ3n) is 2.79. The van der Waals surface area contributed by atoms with E-state index in [2.05, 4.69) is 11.9 Å². The van der Waals surface area contributed by atoms with E-state index in [1.54, 1.807) is 18.2 Å². The van der Waals surface area contributed by atoms with Crippen LogP contribution in [0.4, 0.5) is 4.79 Å². The fourth-order valence-electron chi connectivity index (χ4n) is 1.69. The van der Waals surface area contributed by atoms with Crippen LogP contribution in [0, 0.1) is 0 Å². The van der Waals surface area contributed by atoms with Crippen molar-refractivity contribution in [3.8, 4) is 0 Å². The van der Waals surface area contributed by atoms with Gasteiger partial charge >= 0.3 is 6.03 Å². The van der Waals surface area contributed by atoms with E-state index in [1.165, 1.54) is 4.90 Å². The molecule has 1 rings (SSSR count). The first-order chi connectivity index (χ1) is 9.49. The van der Waals surface area contributed by atoms with Gasteiger partial charge in [0.05, 0.1) is 22.7 Å². The maximum absolute atomic E-state index is 12.1. The van der Waals surface area contributed by atoms with Crippen molar-refractivity contribution in [3.05, 3.63) is 46.5 Å². The highest BCUT2D eigenvalue weighted by Gasteiger charge is 2.15. The van der Waals surface area contributed by atoms with Crippen LogP contribution in [0.15, 0.2) is 30.9 Å². The molecule has 2 amide bonds. The molecule has 20 heavy (non-hydrogen) atoms. The van der Waals surface area contributed by atoms with Gasteiger partial charge in [-0.1, -0.05) is 35.3 Å². The number of nitrogens with one attached hydrogen (secondary N) is 1. The van der Waals surface area contributed by atoms with Crippen molar-refractivity contribution >= 4 is 29.2 Å². The second kappa shape index (κ2) is 8.15. The molecule has 0 fully saturated rings. The van der Waals surface area contributed by atoms with Crippen LogP contribution >= 0.6 is 23.2 Å². The quantitative estimate of drug-likeness (QED) is 0.791. The van der Waals surface area contributed by atoms with Crippen molar-refractivity contribution in [1.82, 2.24) is 10.2 Å². The largest absolute Gasteiger partial charge is 0.395 e. The predicted molar refractivity (Wildman–Crippen MR) is 82.3 cm³/mol. The van der Waals surface area contributed by atoms with E-state index in [0.29, 0.717) is 16.6 Å². The molecule has 0 bridgehead atoms. The zero-order valence-electron chi connectivity index (χ0n) is 11.3. The Morgan fingerprint density at radius 2 is 2.20 bits per heavy atom. The molecule has 1 unspecified atom stereocenters. The Balaban J connectivity index is 2.72. The molecule has 110 valence electrons. The Hall–Kier alpha value is -1.23. The number of rotatable bonds is 6. The fraction of sp³-hybridized carbons (Fsp3) is 0.357. The van der Waals surface area contributed by atoms with Crippen LogP contribution in [0.3, 0.4) is 0 Å². The smallest absolute Gasteiger partial charge is 0.318 e. The Morgan fingerprint density at radius 3 is 2.75 bits per heavy atom. The summed E-state index contributed by atoms with van der Waals surface area (Å²) in [5.41, 5.74) is 0.857. The van der Waals surface area contributed by atoms with Gasteiger partial charge in [-0.05, 0) is 24.6 Å². The highest BCUT2D eigenvalue weighted by Crippen LogP contribution is 2.25. The Labute approximate surface area is 129 Å². The van der Waals surface area contributed by atoms with Crippen molar-refractivity contribution in [2.24, 2.45) is 0 Å². The van der Waals surface area contributed by atoms with Crippen molar-refractivity contribution in [2.45, 2.75) is 13.0 Å². The van der Waals surface area contributed by atoms with E-state index in [9.17, 15) is 4.79 Å². The summed E-state index contributed by atoms with van der Waals surface area (Å²) < 4.78 is 0. The number of amides is 2. The molecule has 1 atom stereocenters. The molecular formula is C14H18Cl2N2O2. The predicted octanol–water partition coefficient (Wildman–Crippen LogP) is 3.24. The number of aliphatic hydroxyl groups is 1. The summed E-state index contributed by atoms with van der Waals surface area (Å²) in [6.45, 7) is 5.97. The molecule has 0 saturated carbocycles. The van der Waals surface area contributed by atoms with E-state index < -0.39 is 0 Å². The molecule has 2 N–H and O–H groups in total. The number of hydrogen-bond donors (Lipinski definition) is 2. The Morgan fingerprint density at radius 1 is 1.50 bits per heavy atom. The van der Waals surface area contributed by atoms with Gasteiger partial charge in [-0.2, -0.15) is 0 Å².